The molecule has 0 amide bonds. The Morgan fingerprint density at radius 1 is 1.19 bits per heavy atom. The third kappa shape index (κ3) is 3.20. The monoisotopic (exact) mass is 284 g/mol. The lowest BCUT2D eigenvalue weighted by molar-refractivity contribution is 0.298. The Labute approximate surface area is 127 Å². The van der Waals surface area contributed by atoms with Gasteiger partial charge in [-0.25, -0.2) is 0 Å². The van der Waals surface area contributed by atoms with Gasteiger partial charge < -0.3 is 10.2 Å². The minimum Gasteiger partial charge on any atom is -0.354 e. The van der Waals surface area contributed by atoms with Crippen molar-refractivity contribution in [1.82, 2.24) is 15.1 Å². The molecule has 0 radical (unpaired) electrons. The molecule has 21 heavy (non-hydrogen) atoms. The highest BCUT2D eigenvalue weighted by molar-refractivity contribution is 5.83. The van der Waals surface area contributed by atoms with Crippen LogP contribution in [0, 0.1) is 5.41 Å². The largest absolute Gasteiger partial charge is 0.354 e. The molecule has 0 spiro atoms. The van der Waals surface area contributed by atoms with E-state index in [9.17, 15) is 0 Å². The molecule has 0 aliphatic carbocycles. The van der Waals surface area contributed by atoms with Crippen LogP contribution in [0.5, 0.6) is 0 Å². The van der Waals surface area contributed by atoms with Crippen LogP contribution in [0.1, 0.15) is 26.3 Å². The third-order valence-corrected chi connectivity index (χ3v) is 4.06. The molecular weight excluding hydrogens is 260 g/mol. The van der Waals surface area contributed by atoms with Gasteiger partial charge in [0.2, 0.25) is 0 Å². The first-order valence-electron chi connectivity index (χ1n) is 7.56. The molecule has 2 aliphatic heterocycles. The Morgan fingerprint density at radius 3 is 2.62 bits per heavy atom. The van der Waals surface area contributed by atoms with E-state index < -0.39 is 0 Å². The summed E-state index contributed by atoms with van der Waals surface area (Å²) in [6.07, 6.45) is 4.25. The van der Waals surface area contributed by atoms with E-state index in [2.05, 4.69) is 83.6 Å². The van der Waals surface area contributed by atoms with Crippen molar-refractivity contribution in [1.29, 1.82) is 0 Å². The lowest BCUT2D eigenvalue weighted by atomic mass is 9.87. The quantitative estimate of drug-likeness (QED) is 0.905. The minimum absolute atomic E-state index is 0.235. The maximum Gasteiger partial charge on any atom is 0.199 e. The van der Waals surface area contributed by atoms with Crippen LogP contribution < -0.4 is 5.32 Å². The summed E-state index contributed by atoms with van der Waals surface area (Å²) in [6, 6.07) is 11.0. The van der Waals surface area contributed by atoms with E-state index >= 15 is 0 Å². The van der Waals surface area contributed by atoms with Crippen molar-refractivity contribution < 1.29 is 0 Å². The Morgan fingerprint density at radius 2 is 1.95 bits per heavy atom. The zero-order valence-electron chi connectivity index (χ0n) is 13.1. The predicted molar refractivity (Wildman–Crippen MR) is 86.5 cm³/mol. The van der Waals surface area contributed by atoms with Gasteiger partial charge in [-0.05, 0) is 11.0 Å². The van der Waals surface area contributed by atoms with Crippen molar-refractivity contribution in [2.75, 3.05) is 13.2 Å². The first-order valence-corrected chi connectivity index (χ1v) is 7.56. The highest BCUT2D eigenvalue weighted by atomic mass is 15.4. The summed E-state index contributed by atoms with van der Waals surface area (Å²) in [4.78, 5) is 9.15. The number of rotatable bonds is 2. The number of guanidine groups is 1. The Balaban J connectivity index is 1.56. The molecule has 0 fully saturated rings. The molecule has 0 saturated heterocycles. The maximum atomic E-state index is 4.66. The molecule has 4 nitrogen and oxygen atoms in total. The summed E-state index contributed by atoms with van der Waals surface area (Å²) in [5, 5.41) is 3.56. The van der Waals surface area contributed by atoms with E-state index in [4.69, 9.17) is 0 Å². The van der Waals surface area contributed by atoms with Crippen LogP contribution in [0.3, 0.4) is 0 Å². The topological polar surface area (TPSA) is 30.9 Å². The number of nitrogens with one attached hydrogen (secondary N) is 1. The van der Waals surface area contributed by atoms with Crippen molar-refractivity contribution in [2.45, 2.75) is 33.4 Å². The third-order valence-electron chi connectivity index (χ3n) is 4.06. The highest BCUT2D eigenvalue weighted by Crippen LogP contribution is 2.23. The van der Waals surface area contributed by atoms with Crippen LogP contribution in [0.15, 0.2) is 47.7 Å². The average molecular weight is 284 g/mol. The van der Waals surface area contributed by atoms with Gasteiger partial charge in [-0.3, -0.25) is 9.89 Å². The van der Waals surface area contributed by atoms with Gasteiger partial charge in [0.05, 0.1) is 19.3 Å². The van der Waals surface area contributed by atoms with Crippen LogP contribution in [0.2, 0.25) is 0 Å². The molecule has 4 heteroatoms. The van der Waals surface area contributed by atoms with E-state index in [0.29, 0.717) is 6.04 Å². The van der Waals surface area contributed by atoms with Gasteiger partial charge in [-0.15, -0.1) is 0 Å². The van der Waals surface area contributed by atoms with Gasteiger partial charge in [0.15, 0.2) is 5.96 Å². The summed E-state index contributed by atoms with van der Waals surface area (Å²) in [5.74, 6) is 1.00. The number of hydrogen-bond donors (Lipinski definition) is 1. The van der Waals surface area contributed by atoms with E-state index in [1.807, 2.05) is 0 Å². The molecule has 3 rings (SSSR count). The lowest BCUT2D eigenvalue weighted by Crippen LogP contribution is -2.45. The SMILES string of the molecule is CC(C)(C)[C@H]1CN=C(N2C=CN(Cc3ccccc3)C2)N1. The van der Waals surface area contributed by atoms with Crippen molar-refractivity contribution in [3.8, 4) is 0 Å². The number of aliphatic imine (C=N–C) groups is 1. The van der Waals surface area contributed by atoms with Gasteiger partial charge in [-0.2, -0.15) is 0 Å². The van der Waals surface area contributed by atoms with Crippen molar-refractivity contribution in [3.05, 3.63) is 48.3 Å². The second-order valence-electron chi connectivity index (χ2n) is 6.87. The number of benzene rings is 1. The fraction of sp³-hybridized carbons (Fsp3) is 0.471. The Hall–Kier alpha value is -1.97. The predicted octanol–water partition coefficient (Wildman–Crippen LogP) is 2.61. The molecule has 0 bridgehead atoms. The molecule has 2 heterocycles. The minimum atomic E-state index is 0.235. The van der Waals surface area contributed by atoms with Crippen LogP contribution >= 0.6 is 0 Å². The van der Waals surface area contributed by atoms with Gasteiger partial charge in [0, 0.05) is 18.9 Å². The van der Waals surface area contributed by atoms with Crippen molar-refractivity contribution >= 4 is 5.96 Å². The first kappa shape index (κ1) is 14.0. The van der Waals surface area contributed by atoms with E-state index in [-0.39, 0.29) is 5.41 Å². The van der Waals surface area contributed by atoms with Gasteiger partial charge in [0.1, 0.15) is 0 Å². The zero-order valence-corrected chi connectivity index (χ0v) is 13.1. The summed E-state index contributed by atoms with van der Waals surface area (Å²) < 4.78 is 0. The molecule has 1 aromatic rings. The molecule has 1 atom stereocenters. The van der Waals surface area contributed by atoms with E-state index in [1.54, 1.807) is 0 Å². The molecule has 0 aromatic heterocycles. The fourth-order valence-corrected chi connectivity index (χ4v) is 2.61. The van der Waals surface area contributed by atoms with Crippen molar-refractivity contribution in [3.63, 3.8) is 0 Å². The Bertz CT molecular complexity index is 542. The van der Waals surface area contributed by atoms with Gasteiger partial charge in [-0.1, -0.05) is 51.1 Å². The molecule has 112 valence electrons. The summed E-state index contributed by atoms with van der Waals surface area (Å²) in [5.41, 5.74) is 1.57. The summed E-state index contributed by atoms with van der Waals surface area (Å²) in [6.45, 7) is 9.42. The van der Waals surface area contributed by atoms with E-state index in [1.165, 1.54) is 5.56 Å². The molecule has 2 aliphatic rings. The van der Waals surface area contributed by atoms with Gasteiger partial charge in [0.25, 0.3) is 0 Å². The first-order chi connectivity index (χ1) is 10.0. The van der Waals surface area contributed by atoms with E-state index in [0.717, 1.165) is 25.7 Å². The fourth-order valence-electron chi connectivity index (χ4n) is 2.61. The second kappa shape index (κ2) is 5.43. The molecule has 1 aromatic carbocycles. The maximum absolute atomic E-state index is 4.66. The molecule has 0 saturated carbocycles. The number of nitrogens with zero attached hydrogens (tertiary/aromatic N) is 3. The normalized spacial score (nSPS) is 21.7. The smallest absolute Gasteiger partial charge is 0.199 e. The van der Waals surface area contributed by atoms with Crippen LogP contribution in [0.25, 0.3) is 0 Å². The molecule has 1 N–H and O–H groups in total. The summed E-state index contributed by atoms with van der Waals surface area (Å²) >= 11 is 0. The van der Waals surface area contributed by atoms with Gasteiger partial charge >= 0.3 is 0 Å². The molecular formula is C17H24N4. The summed E-state index contributed by atoms with van der Waals surface area (Å²) in [7, 11) is 0. The second-order valence-corrected chi connectivity index (χ2v) is 6.87. The standard InChI is InChI=1S/C17H24N4/c1-17(2,3)15-11-18-16(19-15)21-10-9-20(13-21)12-14-7-5-4-6-8-14/h4-10,15H,11-13H2,1-3H3,(H,18,19)/t15-/m1/s1. The van der Waals surface area contributed by atoms with Crippen molar-refractivity contribution in [2.24, 2.45) is 10.4 Å². The van der Waals surface area contributed by atoms with Crippen LogP contribution in [-0.2, 0) is 6.54 Å². The lowest BCUT2D eigenvalue weighted by Gasteiger charge is -2.28. The zero-order chi connectivity index (χ0) is 14.9. The van der Waals surface area contributed by atoms with Crippen LogP contribution in [0.4, 0.5) is 0 Å². The average Bonchev–Trinajstić information content (AvgIpc) is 3.07. The Kier molecular flexibility index (Phi) is 3.62. The molecule has 0 unspecified atom stereocenters. The number of hydrogen-bond acceptors (Lipinski definition) is 4. The van der Waals surface area contributed by atoms with Crippen LogP contribution in [-0.4, -0.2) is 35.0 Å². The highest BCUT2D eigenvalue weighted by Gasteiger charge is 2.31.